The topological polar surface area (TPSA) is 164 Å². The van der Waals surface area contributed by atoms with Crippen LogP contribution in [0.1, 0.15) is 10.6 Å². The van der Waals surface area contributed by atoms with Crippen LogP contribution in [0.2, 0.25) is 0 Å². The van der Waals surface area contributed by atoms with Crippen LogP contribution in [0.4, 0.5) is 22.2 Å². The van der Waals surface area contributed by atoms with E-state index in [1.807, 2.05) is 6.92 Å². The minimum Gasteiger partial charge on any atom is -0.359 e. The summed E-state index contributed by atoms with van der Waals surface area (Å²) in [5.41, 5.74) is -1.76. The van der Waals surface area contributed by atoms with E-state index in [1.54, 1.807) is 6.92 Å². The number of fused-ring (bicyclic) bond motifs is 1. The van der Waals surface area contributed by atoms with Crippen molar-refractivity contribution in [3.63, 3.8) is 0 Å². The van der Waals surface area contributed by atoms with Crippen LogP contribution in [0.25, 0.3) is 11.0 Å². The molecule has 0 saturated heterocycles. The van der Waals surface area contributed by atoms with Gasteiger partial charge < -0.3 is 10.5 Å². The Morgan fingerprint density at radius 3 is 2.46 bits per heavy atom. The number of hydrogen-bond acceptors (Lipinski definition) is 10. The van der Waals surface area contributed by atoms with Gasteiger partial charge in [-0.15, -0.1) is 11.3 Å². The molecule has 0 saturated carbocycles. The number of anilines is 2. The Labute approximate surface area is 136 Å². The van der Waals surface area contributed by atoms with Crippen molar-refractivity contribution in [1.29, 1.82) is 0 Å². The predicted molar refractivity (Wildman–Crippen MR) is 81.1 cm³/mol. The number of thiazole rings is 1. The van der Waals surface area contributed by atoms with Gasteiger partial charge >= 0.3 is 16.9 Å². The number of nitro benzene ring substituents is 2. The highest BCUT2D eigenvalue weighted by molar-refractivity contribution is 7.15. The molecule has 0 amide bonds. The summed E-state index contributed by atoms with van der Waals surface area (Å²) in [6.07, 6.45) is 0. The molecule has 0 unspecified atom stereocenters. The molecule has 0 radical (unpaired) electrons. The summed E-state index contributed by atoms with van der Waals surface area (Å²) >= 11 is 1.22. The third-order valence-corrected chi connectivity index (χ3v) is 4.26. The van der Waals surface area contributed by atoms with Gasteiger partial charge in [-0.05, 0) is 18.8 Å². The first-order valence-electron chi connectivity index (χ1n) is 6.36. The first kappa shape index (κ1) is 15.5. The van der Waals surface area contributed by atoms with E-state index in [0.29, 0.717) is 10.8 Å². The van der Waals surface area contributed by atoms with Crippen molar-refractivity contribution < 1.29 is 19.4 Å². The van der Waals surface area contributed by atoms with Crippen LogP contribution >= 0.6 is 11.3 Å². The molecule has 1 N–H and O–H groups in total. The van der Waals surface area contributed by atoms with Crippen molar-refractivity contribution in [2.45, 2.75) is 13.8 Å². The Hall–Kier alpha value is -3.35. The number of nitro groups is 2. The maximum absolute atomic E-state index is 11.8. The number of non-ortho nitro benzene ring substituents is 1. The molecular formula is C11H8N6O6S. The van der Waals surface area contributed by atoms with Crippen molar-refractivity contribution >= 4 is 44.6 Å². The fraction of sp³-hybridized carbons (Fsp3) is 0.182. The van der Waals surface area contributed by atoms with Crippen molar-refractivity contribution in [1.82, 2.24) is 10.1 Å². The van der Waals surface area contributed by atoms with Gasteiger partial charge in [0.2, 0.25) is 0 Å². The lowest BCUT2D eigenvalue weighted by Gasteiger charge is -2.03. The molecule has 12 nitrogen and oxygen atoms in total. The van der Waals surface area contributed by atoms with E-state index in [1.165, 1.54) is 11.3 Å². The van der Waals surface area contributed by atoms with Crippen molar-refractivity contribution in [2.75, 3.05) is 5.32 Å². The Morgan fingerprint density at radius 1 is 1.25 bits per heavy atom. The van der Waals surface area contributed by atoms with E-state index < -0.39 is 32.3 Å². The number of hydrogen-bond donors (Lipinski definition) is 1. The van der Waals surface area contributed by atoms with Gasteiger partial charge in [0.05, 0.1) is 20.7 Å². The predicted octanol–water partition coefficient (Wildman–Crippen LogP) is 2.09. The SMILES string of the molecule is Cc1nc(Nc2c([N+](=O)[O-])cc([N+](=O)[O-])c3no[n+]([O-])c23)sc1C. The molecule has 1 aromatic carbocycles. The highest BCUT2D eigenvalue weighted by Gasteiger charge is 2.34. The zero-order chi connectivity index (χ0) is 17.6. The Kier molecular flexibility index (Phi) is 3.48. The second-order valence-corrected chi connectivity index (χ2v) is 5.92. The quantitative estimate of drug-likeness (QED) is 0.420. The average molecular weight is 352 g/mol. The summed E-state index contributed by atoms with van der Waals surface area (Å²) in [6.45, 7) is 3.56. The number of nitrogens with zero attached hydrogens (tertiary/aromatic N) is 5. The molecule has 0 aliphatic heterocycles. The largest absolute Gasteiger partial charge is 0.359 e. The van der Waals surface area contributed by atoms with Crippen LogP contribution in [0.5, 0.6) is 0 Å². The number of aryl methyl sites for hydroxylation is 2. The summed E-state index contributed by atoms with van der Waals surface area (Å²) in [6, 6.07) is 0.723. The van der Waals surface area contributed by atoms with Crippen molar-refractivity contribution in [2.24, 2.45) is 0 Å². The van der Waals surface area contributed by atoms with E-state index in [-0.39, 0.29) is 10.6 Å². The molecule has 3 rings (SSSR count). The third-order valence-electron chi connectivity index (χ3n) is 3.28. The summed E-state index contributed by atoms with van der Waals surface area (Å²) in [5, 5.41) is 40.5. The fourth-order valence-corrected chi connectivity index (χ4v) is 2.88. The molecule has 2 aromatic heterocycles. The van der Waals surface area contributed by atoms with Gasteiger partial charge in [0.25, 0.3) is 5.52 Å². The molecule has 0 aliphatic carbocycles. The van der Waals surface area contributed by atoms with Gasteiger partial charge in [0.1, 0.15) is 6.07 Å². The summed E-state index contributed by atoms with van der Waals surface area (Å²) in [5.74, 6) is 0. The highest BCUT2D eigenvalue weighted by Crippen LogP contribution is 2.39. The average Bonchev–Trinajstić information content (AvgIpc) is 3.02. The first-order chi connectivity index (χ1) is 11.3. The van der Waals surface area contributed by atoms with Crippen molar-refractivity contribution in [3.05, 3.63) is 42.1 Å². The maximum Gasteiger partial charge on any atom is 0.334 e. The summed E-state index contributed by atoms with van der Waals surface area (Å²) in [7, 11) is 0. The normalized spacial score (nSPS) is 10.9. The second kappa shape index (κ2) is 5.38. The first-order valence-corrected chi connectivity index (χ1v) is 7.17. The van der Waals surface area contributed by atoms with E-state index in [9.17, 15) is 25.4 Å². The highest BCUT2D eigenvalue weighted by atomic mass is 32.1. The van der Waals surface area contributed by atoms with Crippen LogP contribution in [0.3, 0.4) is 0 Å². The van der Waals surface area contributed by atoms with Crippen LogP contribution < -0.4 is 10.2 Å². The van der Waals surface area contributed by atoms with Gasteiger partial charge in [-0.2, -0.15) is 0 Å². The summed E-state index contributed by atoms with van der Waals surface area (Å²) in [4.78, 5) is 25.6. The Bertz CT molecular complexity index is 975. The number of benzene rings is 1. The van der Waals surface area contributed by atoms with Gasteiger partial charge in [-0.3, -0.25) is 24.9 Å². The van der Waals surface area contributed by atoms with Crippen LogP contribution in [0.15, 0.2) is 10.7 Å². The molecule has 0 fully saturated rings. The van der Waals surface area contributed by atoms with E-state index >= 15 is 0 Å². The minimum absolute atomic E-state index is 0.120. The van der Waals surface area contributed by atoms with Gasteiger partial charge in [-0.25, -0.2) is 4.98 Å². The fourth-order valence-electron chi connectivity index (χ4n) is 2.06. The zero-order valence-electron chi connectivity index (χ0n) is 12.2. The van der Waals surface area contributed by atoms with E-state index in [2.05, 4.69) is 20.1 Å². The molecule has 0 bridgehead atoms. The third kappa shape index (κ3) is 2.36. The van der Waals surface area contributed by atoms with E-state index in [4.69, 9.17) is 0 Å². The Balaban J connectivity index is 2.30. The van der Waals surface area contributed by atoms with Crippen LogP contribution in [0, 0.1) is 39.3 Å². The standard InChI is InChI=1S/C11H8N6O6S/c1-4-5(2)24-11(12-4)13-8-6(15(18)19)3-7(16(20)21)9-10(8)17(22)23-14-9/h3H,1-2H3,(H,12,13). The molecule has 0 atom stereocenters. The maximum atomic E-state index is 11.8. The minimum atomic E-state index is -0.876. The lowest BCUT2D eigenvalue weighted by atomic mass is 10.2. The van der Waals surface area contributed by atoms with Gasteiger partial charge in [0.15, 0.2) is 10.8 Å². The Morgan fingerprint density at radius 2 is 1.92 bits per heavy atom. The van der Waals surface area contributed by atoms with Crippen LogP contribution in [-0.2, 0) is 0 Å². The zero-order valence-corrected chi connectivity index (χ0v) is 13.0. The number of rotatable bonds is 4. The number of aromatic nitrogens is 3. The van der Waals surface area contributed by atoms with Gasteiger partial charge in [-0.1, -0.05) is 0 Å². The molecule has 3 aromatic rings. The second-order valence-electron chi connectivity index (χ2n) is 4.72. The van der Waals surface area contributed by atoms with Gasteiger partial charge in [0, 0.05) is 4.88 Å². The molecule has 0 aliphatic rings. The summed E-state index contributed by atoms with van der Waals surface area (Å²) < 4.78 is 4.37. The van der Waals surface area contributed by atoms with Crippen molar-refractivity contribution in [3.8, 4) is 0 Å². The molecule has 24 heavy (non-hydrogen) atoms. The molecular weight excluding hydrogens is 344 g/mol. The molecule has 13 heteroatoms. The van der Waals surface area contributed by atoms with E-state index in [0.717, 1.165) is 10.9 Å². The molecule has 124 valence electrons. The smallest absolute Gasteiger partial charge is 0.334 e. The monoisotopic (exact) mass is 352 g/mol. The lowest BCUT2D eigenvalue weighted by Crippen LogP contribution is -2.24. The van der Waals surface area contributed by atoms with Crippen LogP contribution in [-0.4, -0.2) is 20.0 Å². The molecule has 2 heterocycles. The number of nitrogens with one attached hydrogen (secondary N) is 1. The molecule has 0 spiro atoms. The lowest BCUT2D eigenvalue weighted by molar-refractivity contribution is -0.782.